The summed E-state index contributed by atoms with van der Waals surface area (Å²) in [7, 11) is 0. The molecule has 0 unspecified atom stereocenters. The summed E-state index contributed by atoms with van der Waals surface area (Å²) in [5, 5.41) is 4.93. The van der Waals surface area contributed by atoms with Crippen molar-refractivity contribution in [2.24, 2.45) is 5.92 Å². The maximum Gasteiger partial charge on any atom is 0.157 e. The van der Waals surface area contributed by atoms with Crippen LogP contribution in [0.2, 0.25) is 5.15 Å². The van der Waals surface area contributed by atoms with Crippen LogP contribution in [0, 0.1) is 5.92 Å². The Hall–Kier alpha value is -1.09. The van der Waals surface area contributed by atoms with E-state index in [-0.39, 0.29) is 0 Å². The molecule has 0 radical (unpaired) electrons. The summed E-state index contributed by atoms with van der Waals surface area (Å²) in [6.07, 6.45) is 0.887. The molecule has 0 fully saturated rings. The number of hydrogen-bond donors (Lipinski definition) is 0. The molecule has 4 heteroatoms. The molecule has 0 aliphatic carbocycles. The number of aromatic nitrogens is 3. The molecule has 0 aromatic carbocycles. The fraction of sp³-hybridized carbons (Fsp3) is 0.400. The summed E-state index contributed by atoms with van der Waals surface area (Å²) in [5.74, 6) is 1.42. The minimum Gasteiger partial charge on any atom is -0.212 e. The van der Waals surface area contributed by atoms with Crippen molar-refractivity contribution in [1.29, 1.82) is 0 Å². The topological polar surface area (TPSA) is 30.2 Å². The highest BCUT2D eigenvalue weighted by Crippen LogP contribution is 2.12. The van der Waals surface area contributed by atoms with Crippen molar-refractivity contribution >= 4 is 17.2 Å². The third kappa shape index (κ3) is 1.73. The predicted molar refractivity (Wildman–Crippen MR) is 56.5 cm³/mol. The van der Waals surface area contributed by atoms with Crippen LogP contribution in [0.15, 0.2) is 18.2 Å². The van der Waals surface area contributed by atoms with Gasteiger partial charge in [-0.3, -0.25) is 0 Å². The van der Waals surface area contributed by atoms with Crippen molar-refractivity contribution in [2.45, 2.75) is 20.3 Å². The molecule has 2 aromatic heterocycles. The van der Waals surface area contributed by atoms with Gasteiger partial charge in [0, 0.05) is 6.42 Å². The van der Waals surface area contributed by atoms with Gasteiger partial charge in [0.15, 0.2) is 11.5 Å². The van der Waals surface area contributed by atoms with Gasteiger partial charge in [-0.15, -0.1) is 5.10 Å². The molecule has 0 N–H and O–H groups in total. The van der Waals surface area contributed by atoms with E-state index >= 15 is 0 Å². The second-order valence-corrected chi connectivity index (χ2v) is 4.13. The van der Waals surface area contributed by atoms with E-state index in [1.165, 1.54) is 0 Å². The molecule has 0 saturated carbocycles. The van der Waals surface area contributed by atoms with Gasteiger partial charge in [0.2, 0.25) is 0 Å². The van der Waals surface area contributed by atoms with Gasteiger partial charge >= 0.3 is 0 Å². The first-order valence-corrected chi connectivity index (χ1v) is 5.05. The van der Waals surface area contributed by atoms with Crippen molar-refractivity contribution in [3.63, 3.8) is 0 Å². The van der Waals surface area contributed by atoms with Gasteiger partial charge < -0.3 is 0 Å². The lowest BCUT2D eigenvalue weighted by molar-refractivity contribution is 0.620. The number of hydrogen-bond acceptors (Lipinski definition) is 2. The van der Waals surface area contributed by atoms with Gasteiger partial charge in [0.05, 0.1) is 0 Å². The maximum atomic E-state index is 5.97. The molecule has 0 atom stereocenters. The Labute approximate surface area is 87.7 Å². The Morgan fingerprint density at radius 2 is 2.21 bits per heavy atom. The van der Waals surface area contributed by atoms with Crippen LogP contribution in [-0.2, 0) is 6.42 Å². The van der Waals surface area contributed by atoms with Crippen molar-refractivity contribution in [1.82, 2.24) is 14.6 Å². The van der Waals surface area contributed by atoms with E-state index in [9.17, 15) is 0 Å². The Balaban J connectivity index is 2.46. The van der Waals surface area contributed by atoms with Crippen molar-refractivity contribution < 1.29 is 0 Å². The highest BCUT2D eigenvalue weighted by Gasteiger charge is 2.06. The second-order valence-electron chi connectivity index (χ2n) is 3.74. The molecule has 2 aromatic rings. The van der Waals surface area contributed by atoms with Gasteiger partial charge in [-0.25, -0.2) is 9.50 Å². The minimum atomic E-state index is 0.561. The minimum absolute atomic E-state index is 0.561. The summed E-state index contributed by atoms with van der Waals surface area (Å²) in [6, 6.07) is 5.59. The lowest BCUT2D eigenvalue weighted by Gasteiger charge is -1.96. The fourth-order valence-electron chi connectivity index (χ4n) is 1.37. The maximum absolute atomic E-state index is 5.97. The van der Waals surface area contributed by atoms with Gasteiger partial charge in [0.1, 0.15) is 5.15 Å². The third-order valence-electron chi connectivity index (χ3n) is 1.95. The molecule has 0 bridgehead atoms. The summed E-state index contributed by atoms with van der Waals surface area (Å²) >= 11 is 5.97. The van der Waals surface area contributed by atoms with Crippen LogP contribution in [0.3, 0.4) is 0 Å². The monoisotopic (exact) mass is 209 g/mol. The van der Waals surface area contributed by atoms with E-state index in [4.69, 9.17) is 11.6 Å². The van der Waals surface area contributed by atoms with Gasteiger partial charge in [0.25, 0.3) is 0 Å². The first kappa shape index (κ1) is 9.46. The normalized spacial score (nSPS) is 11.4. The van der Waals surface area contributed by atoms with Crippen LogP contribution < -0.4 is 0 Å². The SMILES string of the molecule is CC(C)Cc1nc2cccc(Cl)n2n1. The van der Waals surface area contributed by atoms with Crippen molar-refractivity contribution in [3.8, 4) is 0 Å². The largest absolute Gasteiger partial charge is 0.212 e. The molecule has 0 aliphatic rings. The molecule has 0 aliphatic heterocycles. The van der Waals surface area contributed by atoms with E-state index in [1.807, 2.05) is 18.2 Å². The van der Waals surface area contributed by atoms with Gasteiger partial charge in [-0.05, 0) is 18.1 Å². The van der Waals surface area contributed by atoms with E-state index in [0.717, 1.165) is 17.9 Å². The molecule has 14 heavy (non-hydrogen) atoms. The quantitative estimate of drug-likeness (QED) is 0.712. The molecule has 0 spiro atoms. The van der Waals surface area contributed by atoms with Crippen molar-refractivity contribution in [2.75, 3.05) is 0 Å². The zero-order valence-electron chi connectivity index (χ0n) is 8.24. The second kappa shape index (κ2) is 3.58. The smallest absolute Gasteiger partial charge is 0.157 e. The van der Waals surface area contributed by atoms with E-state index < -0.39 is 0 Å². The lowest BCUT2D eigenvalue weighted by atomic mass is 10.1. The molecular weight excluding hydrogens is 198 g/mol. The molecule has 2 rings (SSSR count). The highest BCUT2D eigenvalue weighted by molar-refractivity contribution is 6.29. The Bertz CT molecular complexity index is 448. The van der Waals surface area contributed by atoms with Crippen LogP contribution in [0.5, 0.6) is 0 Å². The van der Waals surface area contributed by atoms with Gasteiger partial charge in [-0.1, -0.05) is 31.5 Å². The van der Waals surface area contributed by atoms with E-state index in [0.29, 0.717) is 11.1 Å². The zero-order valence-corrected chi connectivity index (χ0v) is 8.99. The first-order valence-electron chi connectivity index (χ1n) is 4.67. The molecule has 0 amide bonds. The average Bonchev–Trinajstić information content (AvgIpc) is 2.47. The highest BCUT2D eigenvalue weighted by atomic mass is 35.5. The summed E-state index contributed by atoms with van der Waals surface area (Å²) < 4.78 is 1.67. The molecule has 3 nitrogen and oxygen atoms in total. The zero-order chi connectivity index (χ0) is 10.1. The number of rotatable bonds is 2. The van der Waals surface area contributed by atoms with E-state index in [2.05, 4.69) is 23.9 Å². The summed E-state index contributed by atoms with van der Waals surface area (Å²) in [6.45, 7) is 4.29. The number of fused-ring (bicyclic) bond motifs is 1. The number of nitrogens with zero attached hydrogens (tertiary/aromatic N) is 3. The van der Waals surface area contributed by atoms with Crippen LogP contribution in [0.1, 0.15) is 19.7 Å². The first-order chi connectivity index (χ1) is 6.66. The Morgan fingerprint density at radius 1 is 1.43 bits per heavy atom. The van der Waals surface area contributed by atoms with Crippen LogP contribution in [0.4, 0.5) is 0 Å². The standard InChI is InChI=1S/C10H12ClN3/c1-7(2)6-9-12-10-5-3-4-8(11)14(10)13-9/h3-5,7H,6H2,1-2H3. The third-order valence-corrected chi connectivity index (χ3v) is 2.23. The summed E-state index contributed by atoms with van der Waals surface area (Å²) in [5.41, 5.74) is 0.813. The number of pyridine rings is 1. The van der Waals surface area contributed by atoms with Crippen LogP contribution in [-0.4, -0.2) is 14.6 Å². The fourth-order valence-corrected chi connectivity index (χ4v) is 1.57. The predicted octanol–water partition coefficient (Wildman–Crippen LogP) is 2.58. The molecule has 0 saturated heterocycles. The van der Waals surface area contributed by atoms with Crippen LogP contribution >= 0.6 is 11.6 Å². The Kier molecular flexibility index (Phi) is 2.42. The lowest BCUT2D eigenvalue weighted by Crippen LogP contribution is -1.96. The Morgan fingerprint density at radius 3 is 2.86 bits per heavy atom. The molecule has 2 heterocycles. The molecular formula is C10H12ClN3. The average molecular weight is 210 g/mol. The number of halogens is 1. The molecule has 74 valence electrons. The van der Waals surface area contributed by atoms with Crippen molar-refractivity contribution in [3.05, 3.63) is 29.2 Å². The van der Waals surface area contributed by atoms with E-state index in [1.54, 1.807) is 4.52 Å². The van der Waals surface area contributed by atoms with Crippen LogP contribution in [0.25, 0.3) is 5.65 Å². The van der Waals surface area contributed by atoms with Gasteiger partial charge in [-0.2, -0.15) is 0 Å². The summed E-state index contributed by atoms with van der Waals surface area (Å²) in [4.78, 5) is 4.38.